The van der Waals surface area contributed by atoms with Crippen LogP contribution in [-0.4, -0.2) is 5.78 Å². The molecule has 0 unspecified atom stereocenters. The van der Waals surface area contributed by atoms with Crippen LogP contribution in [0.5, 0.6) is 0 Å². The molecule has 1 heteroatoms. The summed E-state index contributed by atoms with van der Waals surface area (Å²) in [6.07, 6.45) is 11.8. The van der Waals surface area contributed by atoms with Crippen molar-refractivity contribution in [2.24, 2.45) is 5.92 Å². The molecule has 0 aromatic carbocycles. The van der Waals surface area contributed by atoms with Crippen LogP contribution >= 0.6 is 0 Å². The van der Waals surface area contributed by atoms with Gasteiger partial charge in [0.2, 0.25) is 0 Å². The Morgan fingerprint density at radius 1 is 1.15 bits per heavy atom. The third kappa shape index (κ3) is 5.07. The van der Waals surface area contributed by atoms with Crippen LogP contribution in [0.2, 0.25) is 0 Å². The van der Waals surface area contributed by atoms with E-state index in [0.717, 1.165) is 18.8 Å². The van der Waals surface area contributed by atoms with Crippen LogP contribution in [0, 0.1) is 5.92 Å². The summed E-state index contributed by atoms with van der Waals surface area (Å²) in [5, 5.41) is 0. The van der Waals surface area contributed by atoms with Crippen LogP contribution in [-0.2, 0) is 4.79 Å². The lowest BCUT2D eigenvalue weighted by Gasteiger charge is -2.07. The van der Waals surface area contributed by atoms with Gasteiger partial charge in [0.05, 0.1) is 0 Å². The topological polar surface area (TPSA) is 17.1 Å². The van der Waals surface area contributed by atoms with E-state index in [1.165, 1.54) is 44.9 Å². The Labute approximate surface area is 81.9 Å². The Morgan fingerprint density at radius 3 is 2.46 bits per heavy atom. The van der Waals surface area contributed by atoms with Crippen LogP contribution in [0.1, 0.15) is 64.7 Å². The second-order valence-corrected chi connectivity index (χ2v) is 4.45. The van der Waals surface area contributed by atoms with Gasteiger partial charge in [0.1, 0.15) is 5.78 Å². The second-order valence-electron chi connectivity index (χ2n) is 4.45. The Bertz CT molecular complexity index is 145. The lowest BCUT2D eigenvalue weighted by Crippen LogP contribution is -1.94. The normalized spacial score (nSPS) is 17.9. The summed E-state index contributed by atoms with van der Waals surface area (Å²) in [6.45, 7) is 1.69. The highest BCUT2D eigenvalue weighted by atomic mass is 16.1. The molecule has 0 atom stereocenters. The summed E-state index contributed by atoms with van der Waals surface area (Å²) in [5.41, 5.74) is 0. The van der Waals surface area contributed by atoms with Crippen molar-refractivity contribution in [3.8, 4) is 0 Å². The molecule has 13 heavy (non-hydrogen) atoms. The molecule has 0 saturated heterocycles. The fourth-order valence-electron chi connectivity index (χ4n) is 2.28. The smallest absolute Gasteiger partial charge is 0.129 e. The first-order valence-corrected chi connectivity index (χ1v) is 5.78. The van der Waals surface area contributed by atoms with Crippen molar-refractivity contribution in [2.75, 3.05) is 0 Å². The Balaban J connectivity index is 1.86. The van der Waals surface area contributed by atoms with Crippen LogP contribution < -0.4 is 0 Å². The summed E-state index contributed by atoms with van der Waals surface area (Å²) >= 11 is 0. The first-order valence-electron chi connectivity index (χ1n) is 5.78. The molecule has 0 aromatic heterocycles. The number of hydrogen-bond acceptors (Lipinski definition) is 1. The molecule has 0 radical (unpaired) electrons. The summed E-state index contributed by atoms with van der Waals surface area (Å²) in [6, 6.07) is 0. The van der Waals surface area contributed by atoms with E-state index in [2.05, 4.69) is 0 Å². The van der Waals surface area contributed by atoms with Crippen molar-refractivity contribution in [1.82, 2.24) is 0 Å². The summed E-state index contributed by atoms with van der Waals surface area (Å²) in [5.74, 6) is 1.37. The second kappa shape index (κ2) is 6.17. The maximum absolute atomic E-state index is 10.7. The highest BCUT2D eigenvalue weighted by Gasteiger charge is 2.13. The van der Waals surface area contributed by atoms with Gasteiger partial charge in [0, 0.05) is 6.42 Å². The van der Waals surface area contributed by atoms with Gasteiger partial charge < -0.3 is 4.79 Å². The average Bonchev–Trinajstić information content (AvgIpc) is 2.55. The lowest BCUT2D eigenvalue weighted by molar-refractivity contribution is -0.117. The fraction of sp³-hybridized carbons (Fsp3) is 0.917. The van der Waals surface area contributed by atoms with Gasteiger partial charge in [-0.25, -0.2) is 0 Å². The number of Topliss-reactive ketones (excluding diaryl/α,β-unsaturated/α-hetero) is 1. The molecule has 0 amide bonds. The number of hydrogen-bond donors (Lipinski definition) is 0. The Kier molecular flexibility index (Phi) is 5.10. The molecular formula is C12H22O. The van der Waals surface area contributed by atoms with E-state index in [1.54, 1.807) is 6.92 Å². The third-order valence-corrected chi connectivity index (χ3v) is 3.12. The molecule has 1 aliphatic carbocycles. The molecule has 1 fully saturated rings. The summed E-state index contributed by atoms with van der Waals surface area (Å²) < 4.78 is 0. The van der Waals surface area contributed by atoms with Crippen molar-refractivity contribution >= 4 is 5.78 Å². The lowest BCUT2D eigenvalue weighted by atomic mass is 9.99. The first kappa shape index (κ1) is 10.7. The van der Waals surface area contributed by atoms with Crippen LogP contribution in [0.15, 0.2) is 0 Å². The van der Waals surface area contributed by atoms with E-state index in [-0.39, 0.29) is 0 Å². The molecule has 76 valence electrons. The summed E-state index contributed by atoms with van der Waals surface area (Å²) in [4.78, 5) is 10.7. The quantitative estimate of drug-likeness (QED) is 0.572. The zero-order valence-electron chi connectivity index (χ0n) is 8.85. The third-order valence-electron chi connectivity index (χ3n) is 3.12. The monoisotopic (exact) mass is 182 g/mol. The molecule has 0 spiro atoms. The minimum Gasteiger partial charge on any atom is -0.300 e. The van der Waals surface area contributed by atoms with E-state index in [0.29, 0.717) is 5.78 Å². The van der Waals surface area contributed by atoms with Crippen molar-refractivity contribution in [2.45, 2.75) is 64.7 Å². The van der Waals surface area contributed by atoms with Crippen molar-refractivity contribution in [1.29, 1.82) is 0 Å². The van der Waals surface area contributed by atoms with Gasteiger partial charge in [-0.1, -0.05) is 44.9 Å². The van der Waals surface area contributed by atoms with Gasteiger partial charge >= 0.3 is 0 Å². The largest absolute Gasteiger partial charge is 0.300 e. The van der Waals surface area contributed by atoms with Gasteiger partial charge in [-0.15, -0.1) is 0 Å². The van der Waals surface area contributed by atoms with E-state index in [4.69, 9.17) is 0 Å². The van der Waals surface area contributed by atoms with Gasteiger partial charge in [-0.2, -0.15) is 0 Å². The number of unbranched alkanes of at least 4 members (excludes halogenated alkanes) is 2. The highest BCUT2D eigenvalue weighted by molar-refractivity contribution is 5.75. The summed E-state index contributed by atoms with van der Waals surface area (Å²) in [7, 11) is 0. The molecule has 0 heterocycles. The number of rotatable bonds is 6. The molecule has 1 nitrogen and oxygen atoms in total. The van der Waals surface area contributed by atoms with E-state index in [9.17, 15) is 4.79 Å². The zero-order chi connectivity index (χ0) is 9.52. The average molecular weight is 182 g/mol. The minimum absolute atomic E-state index is 0.348. The molecule has 0 aromatic rings. The molecule has 1 rings (SSSR count). The number of carbonyl (C=O) groups is 1. The fourth-order valence-corrected chi connectivity index (χ4v) is 2.28. The maximum atomic E-state index is 10.7. The highest BCUT2D eigenvalue weighted by Crippen LogP contribution is 2.29. The zero-order valence-corrected chi connectivity index (χ0v) is 8.85. The SMILES string of the molecule is CC(=O)CCCCCC1CCCC1. The van der Waals surface area contributed by atoms with Crippen molar-refractivity contribution in [3.63, 3.8) is 0 Å². The predicted molar refractivity (Wildman–Crippen MR) is 55.7 cm³/mol. The standard InChI is InChI=1S/C12H22O/c1-11(13)7-3-2-4-8-12-9-5-6-10-12/h12H,2-10H2,1H3. The van der Waals surface area contributed by atoms with Gasteiger partial charge in [-0.05, 0) is 19.3 Å². The molecule has 0 aliphatic heterocycles. The van der Waals surface area contributed by atoms with E-state index < -0.39 is 0 Å². The van der Waals surface area contributed by atoms with Crippen molar-refractivity contribution < 1.29 is 4.79 Å². The Morgan fingerprint density at radius 2 is 1.85 bits per heavy atom. The van der Waals surface area contributed by atoms with Gasteiger partial charge in [-0.3, -0.25) is 0 Å². The maximum Gasteiger partial charge on any atom is 0.129 e. The number of ketones is 1. The van der Waals surface area contributed by atoms with Crippen LogP contribution in [0.4, 0.5) is 0 Å². The predicted octanol–water partition coefficient (Wildman–Crippen LogP) is 3.72. The molecule has 0 bridgehead atoms. The van der Waals surface area contributed by atoms with Gasteiger partial charge in [0.25, 0.3) is 0 Å². The number of carbonyl (C=O) groups excluding carboxylic acids is 1. The van der Waals surface area contributed by atoms with Crippen LogP contribution in [0.25, 0.3) is 0 Å². The molecule has 1 saturated carbocycles. The first-order chi connectivity index (χ1) is 6.29. The minimum atomic E-state index is 0.348. The molecule has 0 N–H and O–H groups in total. The molecule has 1 aliphatic rings. The van der Waals surface area contributed by atoms with E-state index in [1.807, 2.05) is 0 Å². The van der Waals surface area contributed by atoms with E-state index >= 15 is 0 Å². The molecular weight excluding hydrogens is 160 g/mol. The van der Waals surface area contributed by atoms with Crippen molar-refractivity contribution in [3.05, 3.63) is 0 Å². The van der Waals surface area contributed by atoms with Crippen LogP contribution in [0.3, 0.4) is 0 Å². The van der Waals surface area contributed by atoms with Gasteiger partial charge in [0.15, 0.2) is 0 Å². The Hall–Kier alpha value is -0.330.